The summed E-state index contributed by atoms with van der Waals surface area (Å²) in [6.07, 6.45) is 3.79. The predicted octanol–water partition coefficient (Wildman–Crippen LogP) is 4.40. The van der Waals surface area contributed by atoms with Crippen LogP contribution in [0.15, 0.2) is 60.9 Å². The van der Waals surface area contributed by atoms with Crippen LogP contribution in [0.5, 0.6) is 5.75 Å². The highest BCUT2D eigenvalue weighted by Gasteiger charge is 2.33. The van der Waals surface area contributed by atoms with Crippen LogP contribution in [0.4, 0.5) is 5.69 Å². The van der Waals surface area contributed by atoms with Gasteiger partial charge in [-0.1, -0.05) is 17.7 Å². The van der Waals surface area contributed by atoms with Gasteiger partial charge in [0.1, 0.15) is 11.9 Å². The molecule has 1 aliphatic rings. The molecule has 0 saturated carbocycles. The first kappa shape index (κ1) is 17.5. The number of carboxylic acids is 1. The maximum Gasteiger partial charge on any atom is 0.337 e. The number of benzene rings is 2. The predicted molar refractivity (Wildman–Crippen MR) is 106 cm³/mol. The topological polar surface area (TPSA) is 54.7 Å². The highest BCUT2D eigenvalue weighted by Crippen LogP contribution is 2.35. The van der Waals surface area contributed by atoms with E-state index in [0.29, 0.717) is 23.8 Å². The minimum absolute atomic E-state index is 0.0524. The fourth-order valence-electron chi connectivity index (χ4n) is 3.40. The van der Waals surface area contributed by atoms with Crippen molar-refractivity contribution in [3.05, 3.63) is 77.1 Å². The lowest BCUT2D eigenvalue weighted by Crippen LogP contribution is -2.54. The van der Waals surface area contributed by atoms with E-state index >= 15 is 0 Å². The van der Waals surface area contributed by atoms with Gasteiger partial charge in [0.2, 0.25) is 0 Å². The van der Waals surface area contributed by atoms with E-state index in [9.17, 15) is 9.90 Å². The Kier molecular flexibility index (Phi) is 4.54. The first-order chi connectivity index (χ1) is 13.0. The number of rotatable bonds is 5. The molecule has 6 heteroatoms. The smallest absolute Gasteiger partial charge is 0.337 e. The van der Waals surface area contributed by atoms with Gasteiger partial charge in [0.05, 0.1) is 30.0 Å². The number of aromatic nitrogens is 1. The molecule has 1 N–H and O–H groups in total. The van der Waals surface area contributed by atoms with Crippen molar-refractivity contribution in [2.45, 2.75) is 13.0 Å². The summed E-state index contributed by atoms with van der Waals surface area (Å²) in [6, 6.07) is 14.6. The number of halogens is 1. The molecular weight excluding hydrogens is 364 g/mol. The minimum Gasteiger partial charge on any atom is -0.487 e. The van der Waals surface area contributed by atoms with E-state index in [1.165, 1.54) is 0 Å². The number of ether oxygens (including phenoxy) is 1. The molecule has 0 amide bonds. The molecule has 1 saturated heterocycles. The van der Waals surface area contributed by atoms with Gasteiger partial charge in [-0.2, -0.15) is 0 Å². The van der Waals surface area contributed by atoms with Crippen LogP contribution < -0.4 is 9.64 Å². The minimum atomic E-state index is -0.936. The van der Waals surface area contributed by atoms with Gasteiger partial charge in [0.25, 0.3) is 0 Å². The van der Waals surface area contributed by atoms with Crippen molar-refractivity contribution in [3.8, 4) is 11.4 Å². The lowest BCUT2D eigenvalue weighted by molar-refractivity contribution is 0.0697. The number of hydrogen-bond acceptors (Lipinski definition) is 3. The Balaban J connectivity index is 1.60. The summed E-state index contributed by atoms with van der Waals surface area (Å²) < 4.78 is 7.84. The average Bonchev–Trinajstić information content (AvgIpc) is 3.13. The third kappa shape index (κ3) is 3.38. The Hall–Kier alpha value is -2.92. The van der Waals surface area contributed by atoms with Gasteiger partial charge in [0, 0.05) is 17.4 Å². The first-order valence-electron chi connectivity index (χ1n) is 8.70. The lowest BCUT2D eigenvalue weighted by Gasteiger charge is -2.42. The van der Waals surface area contributed by atoms with E-state index in [1.807, 2.05) is 54.2 Å². The van der Waals surface area contributed by atoms with Gasteiger partial charge in [-0.3, -0.25) is 0 Å². The van der Waals surface area contributed by atoms with E-state index in [1.54, 1.807) is 18.2 Å². The summed E-state index contributed by atoms with van der Waals surface area (Å²) in [6.45, 7) is 3.39. The zero-order chi connectivity index (χ0) is 19.0. The van der Waals surface area contributed by atoms with Crippen LogP contribution in [0, 0.1) is 6.92 Å². The number of hydrogen-bond donors (Lipinski definition) is 1. The Morgan fingerprint density at radius 3 is 2.37 bits per heavy atom. The summed E-state index contributed by atoms with van der Waals surface area (Å²) in [7, 11) is 0. The molecule has 138 valence electrons. The maximum absolute atomic E-state index is 11.8. The monoisotopic (exact) mass is 382 g/mol. The molecular formula is C21H19ClN2O3. The van der Waals surface area contributed by atoms with Crippen molar-refractivity contribution >= 4 is 23.3 Å². The van der Waals surface area contributed by atoms with Gasteiger partial charge in [-0.15, -0.1) is 0 Å². The Morgan fingerprint density at radius 1 is 1.07 bits per heavy atom. The normalized spacial score (nSPS) is 14.1. The van der Waals surface area contributed by atoms with Crippen molar-refractivity contribution in [1.29, 1.82) is 0 Å². The number of carboxylic acid groups (broad SMARTS) is 1. The van der Waals surface area contributed by atoms with E-state index in [2.05, 4.69) is 4.90 Å². The van der Waals surface area contributed by atoms with Crippen molar-refractivity contribution in [1.82, 2.24) is 4.57 Å². The van der Waals surface area contributed by atoms with Crippen LogP contribution in [0.2, 0.25) is 5.02 Å². The number of nitrogens with zero attached hydrogens (tertiary/aromatic N) is 2. The van der Waals surface area contributed by atoms with Crippen molar-refractivity contribution in [2.75, 3.05) is 18.0 Å². The van der Waals surface area contributed by atoms with Gasteiger partial charge in [-0.05, 0) is 55.0 Å². The van der Waals surface area contributed by atoms with Gasteiger partial charge in [-0.25, -0.2) is 4.79 Å². The average molecular weight is 383 g/mol. The summed E-state index contributed by atoms with van der Waals surface area (Å²) in [4.78, 5) is 13.9. The molecule has 27 heavy (non-hydrogen) atoms. The molecule has 4 rings (SSSR count). The molecule has 0 atom stereocenters. The summed E-state index contributed by atoms with van der Waals surface area (Å²) in [5.41, 5.74) is 2.95. The molecule has 5 nitrogen and oxygen atoms in total. The van der Waals surface area contributed by atoms with Crippen molar-refractivity contribution in [3.63, 3.8) is 0 Å². The molecule has 1 aromatic heterocycles. The number of carbonyl (C=O) groups is 1. The second-order valence-corrected chi connectivity index (χ2v) is 7.06. The largest absolute Gasteiger partial charge is 0.487 e. The molecule has 1 fully saturated rings. The fraction of sp³-hybridized carbons (Fsp3) is 0.190. The molecule has 0 bridgehead atoms. The molecule has 2 heterocycles. The van der Waals surface area contributed by atoms with E-state index in [0.717, 1.165) is 17.0 Å². The SMILES string of the molecule is Cc1ccc(C(=O)O)c(-n2cccc2)c1N1CC(Oc2ccc(Cl)cc2)C1. The van der Waals surface area contributed by atoms with Crippen LogP contribution in [-0.2, 0) is 0 Å². The summed E-state index contributed by atoms with van der Waals surface area (Å²) in [5, 5.41) is 10.3. The third-order valence-electron chi connectivity index (χ3n) is 4.73. The lowest BCUT2D eigenvalue weighted by atomic mass is 10.0. The zero-order valence-electron chi connectivity index (χ0n) is 14.8. The number of aromatic carboxylic acids is 1. The maximum atomic E-state index is 11.8. The molecule has 0 aliphatic carbocycles. The molecule has 2 aromatic carbocycles. The quantitative estimate of drug-likeness (QED) is 0.710. The molecule has 0 radical (unpaired) electrons. The van der Waals surface area contributed by atoms with E-state index in [4.69, 9.17) is 16.3 Å². The molecule has 0 unspecified atom stereocenters. The highest BCUT2D eigenvalue weighted by molar-refractivity contribution is 6.30. The van der Waals surface area contributed by atoms with Crippen LogP contribution in [0.3, 0.4) is 0 Å². The van der Waals surface area contributed by atoms with Crippen molar-refractivity contribution in [2.24, 2.45) is 0 Å². The summed E-state index contributed by atoms with van der Waals surface area (Å²) >= 11 is 5.91. The van der Waals surface area contributed by atoms with Crippen LogP contribution in [0.1, 0.15) is 15.9 Å². The first-order valence-corrected chi connectivity index (χ1v) is 9.08. The van der Waals surface area contributed by atoms with E-state index < -0.39 is 5.97 Å². The van der Waals surface area contributed by atoms with Crippen LogP contribution in [0.25, 0.3) is 5.69 Å². The third-order valence-corrected chi connectivity index (χ3v) is 4.98. The second kappa shape index (κ2) is 7.00. The van der Waals surface area contributed by atoms with E-state index in [-0.39, 0.29) is 11.7 Å². The highest BCUT2D eigenvalue weighted by atomic mass is 35.5. The molecule has 3 aromatic rings. The van der Waals surface area contributed by atoms with Gasteiger partial charge < -0.3 is 19.3 Å². The fourth-order valence-corrected chi connectivity index (χ4v) is 3.52. The number of anilines is 1. The van der Waals surface area contributed by atoms with Gasteiger partial charge >= 0.3 is 5.97 Å². The van der Waals surface area contributed by atoms with Crippen LogP contribution in [-0.4, -0.2) is 34.8 Å². The Bertz CT molecular complexity index is 962. The molecule has 1 aliphatic heterocycles. The summed E-state index contributed by atoms with van der Waals surface area (Å²) in [5.74, 6) is -0.153. The van der Waals surface area contributed by atoms with Crippen LogP contribution >= 0.6 is 11.6 Å². The standard InChI is InChI=1S/C21H19ClN2O3/c1-14-4-9-18(21(25)26)20(23-10-2-3-11-23)19(14)24-12-17(13-24)27-16-7-5-15(22)6-8-16/h2-11,17H,12-13H2,1H3,(H,25,26). The molecule has 0 spiro atoms. The second-order valence-electron chi connectivity index (χ2n) is 6.62. The van der Waals surface area contributed by atoms with Gasteiger partial charge in [0.15, 0.2) is 0 Å². The Labute approximate surface area is 162 Å². The number of aryl methyl sites for hydroxylation is 1. The Morgan fingerprint density at radius 2 is 1.74 bits per heavy atom. The van der Waals surface area contributed by atoms with Crippen molar-refractivity contribution < 1.29 is 14.6 Å². The zero-order valence-corrected chi connectivity index (χ0v) is 15.6.